The van der Waals surface area contributed by atoms with Crippen LogP contribution in [-0.4, -0.2) is 48.8 Å². The molecule has 3 aliphatic rings. The predicted molar refractivity (Wildman–Crippen MR) is 73.8 cm³/mol. The van der Waals surface area contributed by atoms with Gasteiger partial charge in [-0.3, -0.25) is 4.90 Å². The molecule has 3 saturated heterocycles. The third-order valence-corrected chi connectivity index (χ3v) is 5.00. The molecule has 0 radical (unpaired) electrons. The van der Waals surface area contributed by atoms with Gasteiger partial charge in [-0.2, -0.15) is 0 Å². The zero-order chi connectivity index (χ0) is 12.4. The largest absolute Gasteiger partial charge is 0.380 e. The molecule has 1 N–H and O–H groups in total. The SMILES string of the molecule is CCCN(C1CCCOC1)C1CC2CCC(C1)N2. The maximum Gasteiger partial charge on any atom is 0.0621 e. The lowest BCUT2D eigenvalue weighted by Gasteiger charge is -2.43. The molecule has 3 aliphatic heterocycles. The number of rotatable bonds is 4. The van der Waals surface area contributed by atoms with Crippen molar-refractivity contribution in [1.29, 1.82) is 0 Å². The summed E-state index contributed by atoms with van der Waals surface area (Å²) in [6.07, 6.45) is 9.42. The van der Waals surface area contributed by atoms with E-state index in [1.807, 2.05) is 0 Å². The van der Waals surface area contributed by atoms with Crippen molar-refractivity contribution in [3.05, 3.63) is 0 Å². The summed E-state index contributed by atoms with van der Waals surface area (Å²) in [5.41, 5.74) is 0. The van der Waals surface area contributed by atoms with Crippen LogP contribution in [0.5, 0.6) is 0 Å². The number of fused-ring (bicyclic) bond motifs is 2. The van der Waals surface area contributed by atoms with E-state index in [1.165, 1.54) is 51.5 Å². The summed E-state index contributed by atoms with van der Waals surface area (Å²) in [4.78, 5) is 2.80. The number of ether oxygens (including phenoxy) is 1. The fourth-order valence-electron chi connectivity index (χ4n) is 4.20. The highest BCUT2D eigenvalue weighted by molar-refractivity contribution is 4.97. The average Bonchev–Trinajstić information content (AvgIpc) is 2.76. The first-order chi connectivity index (χ1) is 8.86. The van der Waals surface area contributed by atoms with Gasteiger partial charge in [0.15, 0.2) is 0 Å². The zero-order valence-corrected chi connectivity index (χ0v) is 11.7. The van der Waals surface area contributed by atoms with Gasteiger partial charge in [0.1, 0.15) is 0 Å². The van der Waals surface area contributed by atoms with E-state index in [4.69, 9.17) is 4.74 Å². The molecule has 0 aromatic rings. The molecule has 0 spiro atoms. The standard InChI is InChI=1S/C15H28N2O/c1-2-7-17(14-4-3-8-18-11-14)15-9-12-5-6-13(10-15)16-12/h12-16H,2-11H2,1H3. The van der Waals surface area contributed by atoms with Crippen LogP contribution in [0.4, 0.5) is 0 Å². The Bertz CT molecular complexity index is 253. The Kier molecular flexibility index (Phi) is 4.22. The minimum absolute atomic E-state index is 0.696. The van der Waals surface area contributed by atoms with E-state index in [0.717, 1.165) is 31.3 Å². The third kappa shape index (κ3) is 2.73. The lowest BCUT2D eigenvalue weighted by Crippen LogP contribution is -2.53. The summed E-state index contributed by atoms with van der Waals surface area (Å²) >= 11 is 0. The molecule has 3 unspecified atom stereocenters. The van der Waals surface area contributed by atoms with Gasteiger partial charge in [0, 0.05) is 30.8 Å². The Hall–Kier alpha value is -0.120. The quantitative estimate of drug-likeness (QED) is 0.830. The number of hydrogen-bond donors (Lipinski definition) is 1. The molecule has 3 nitrogen and oxygen atoms in total. The van der Waals surface area contributed by atoms with Crippen molar-refractivity contribution in [3.63, 3.8) is 0 Å². The summed E-state index contributed by atoms with van der Waals surface area (Å²) in [5.74, 6) is 0. The van der Waals surface area contributed by atoms with Crippen LogP contribution in [0, 0.1) is 0 Å². The molecule has 0 saturated carbocycles. The van der Waals surface area contributed by atoms with Gasteiger partial charge in [0.2, 0.25) is 0 Å². The molecular formula is C15H28N2O. The molecule has 0 amide bonds. The first-order valence-corrected chi connectivity index (χ1v) is 7.96. The van der Waals surface area contributed by atoms with Gasteiger partial charge in [0.25, 0.3) is 0 Å². The predicted octanol–water partition coefficient (Wildman–Crippen LogP) is 2.16. The summed E-state index contributed by atoms with van der Waals surface area (Å²) in [5, 5.41) is 3.76. The third-order valence-electron chi connectivity index (χ3n) is 5.00. The van der Waals surface area contributed by atoms with E-state index in [9.17, 15) is 0 Å². The van der Waals surface area contributed by atoms with Crippen molar-refractivity contribution < 1.29 is 4.74 Å². The monoisotopic (exact) mass is 252 g/mol. The Balaban J connectivity index is 1.64. The van der Waals surface area contributed by atoms with E-state index in [0.29, 0.717) is 6.04 Å². The molecule has 3 atom stereocenters. The fraction of sp³-hybridized carbons (Fsp3) is 1.00. The Morgan fingerprint density at radius 2 is 1.89 bits per heavy atom. The Morgan fingerprint density at radius 1 is 1.11 bits per heavy atom. The van der Waals surface area contributed by atoms with E-state index in [2.05, 4.69) is 17.1 Å². The highest BCUT2D eigenvalue weighted by Crippen LogP contribution is 2.31. The number of nitrogens with zero attached hydrogens (tertiary/aromatic N) is 1. The molecule has 0 aromatic carbocycles. The molecular weight excluding hydrogens is 224 g/mol. The summed E-state index contributed by atoms with van der Waals surface area (Å²) in [6, 6.07) is 3.12. The number of piperidine rings is 1. The average molecular weight is 252 g/mol. The van der Waals surface area contributed by atoms with Crippen molar-refractivity contribution in [1.82, 2.24) is 10.2 Å². The second-order valence-electron chi connectivity index (χ2n) is 6.37. The second kappa shape index (κ2) is 5.89. The van der Waals surface area contributed by atoms with Crippen LogP contribution in [0.15, 0.2) is 0 Å². The minimum atomic E-state index is 0.696. The van der Waals surface area contributed by atoms with Gasteiger partial charge in [-0.25, -0.2) is 0 Å². The van der Waals surface area contributed by atoms with Crippen LogP contribution in [0.25, 0.3) is 0 Å². The normalized spacial score (nSPS) is 40.3. The molecule has 0 aromatic heterocycles. The van der Waals surface area contributed by atoms with Crippen molar-refractivity contribution in [2.75, 3.05) is 19.8 Å². The molecule has 18 heavy (non-hydrogen) atoms. The van der Waals surface area contributed by atoms with Crippen molar-refractivity contribution in [2.24, 2.45) is 0 Å². The molecule has 3 fully saturated rings. The highest BCUT2D eigenvalue weighted by Gasteiger charge is 2.38. The lowest BCUT2D eigenvalue weighted by molar-refractivity contribution is -0.00948. The molecule has 104 valence electrons. The molecule has 0 aliphatic carbocycles. The van der Waals surface area contributed by atoms with E-state index >= 15 is 0 Å². The van der Waals surface area contributed by atoms with Crippen molar-refractivity contribution in [3.8, 4) is 0 Å². The number of hydrogen-bond acceptors (Lipinski definition) is 3. The van der Waals surface area contributed by atoms with E-state index in [1.54, 1.807) is 0 Å². The van der Waals surface area contributed by atoms with Crippen LogP contribution >= 0.6 is 0 Å². The summed E-state index contributed by atoms with van der Waals surface area (Å²) in [6.45, 7) is 5.53. The maximum atomic E-state index is 5.71. The summed E-state index contributed by atoms with van der Waals surface area (Å²) in [7, 11) is 0. The topological polar surface area (TPSA) is 24.5 Å². The lowest BCUT2D eigenvalue weighted by atomic mass is 9.95. The molecule has 3 heteroatoms. The van der Waals surface area contributed by atoms with Gasteiger partial charge in [-0.05, 0) is 51.5 Å². The fourth-order valence-corrected chi connectivity index (χ4v) is 4.20. The second-order valence-corrected chi connectivity index (χ2v) is 6.37. The highest BCUT2D eigenvalue weighted by atomic mass is 16.5. The zero-order valence-electron chi connectivity index (χ0n) is 11.7. The van der Waals surface area contributed by atoms with Gasteiger partial charge < -0.3 is 10.1 Å². The van der Waals surface area contributed by atoms with Crippen LogP contribution < -0.4 is 5.32 Å². The summed E-state index contributed by atoms with van der Waals surface area (Å²) < 4.78 is 5.71. The Morgan fingerprint density at radius 3 is 2.50 bits per heavy atom. The van der Waals surface area contributed by atoms with E-state index < -0.39 is 0 Å². The molecule has 3 rings (SSSR count). The maximum absolute atomic E-state index is 5.71. The van der Waals surface area contributed by atoms with Gasteiger partial charge in [-0.1, -0.05) is 6.92 Å². The van der Waals surface area contributed by atoms with Crippen LogP contribution in [-0.2, 0) is 4.74 Å². The minimum Gasteiger partial charge on any atom is -0.380 e. The first kappa shape index (κ1) is 12.9. The smallest absolute Gasteiger partial charge is 0.0621 e. The Labute approximate surface area is 111 Å². The van der Waals surface area contributed by atoms with Gasteiger partial charge in [-0.15, -0.1) is 0 Å². The van der Waals surface area contributed by atoms with Crippen molar-refractivity contribution in [2.45, 2.75) is 76.0 Å². The van der Waals surface area contributed by atoms with Crippen LogP contribution in [0.2, 0.25) is 0 Å². The van der Waals surface area contributed by atoms with Crippen LogP contribution in [0.3, 0.4) is 0 Å². The van der Waals surface area contributed by atoms with E-state index in [-0.39, 0.29) is 0 Å². The van der Waals surface area contributed by atoms with Gasteiger partial charge >= 0.3 is 0 Å². The van der Waals surface area contributed by atoms with Crippen molar-refractivity contribution >= 4 is 0 Å². The van der Waals surface area contributed by atoms with Crippen LogP contribution in [0.1, 0.15) is 51.9 Å². The molecule has 2 bridgehead atoms. The number of nitrogens with one attached hydrogen (secondary N) is 1. The molecule has 3 heterocycles. The van der Waals surface area contributed by atoms with Gasteiger partial charge in [0.05, 0.1) is 6.61 Å². The first-order valence-electron chi connectivity index (χ1n) is 7.96.